The lowest BCUT2D eigenvalue weighted by molar-refractivity contribution is -0.132. The van der Waals surface area contributed by atoms with Gasteiger partial charge in [0.25, 0.3) is 0 Å². The summed E-state index contributed by atoms with van der Waals surface area (Å²) in [5.41, 5.74) is 0. The standard InChI is InChI=1S/C11H23NO2Si/c1-11(2,3)15(5,6)14-9-7-8-12(4)10(9)13/h9H,7-8H2,1-6H3/t9-/m0/s1. The fraction of sp³-hybridized carbons (Fsp3) is 0.909. The number of carbonyl (C=O) groups excluding carboxylic acids is 1. The van der Waals surface area contributed by atoms with E-state index in [0.717, 1.165) is 13.0 Å². The van der Waals surface area contributed by atoms with Crippen molar-refractivity contribution in [3.05, 3.63) is 0 Å². The molecule has 0 aliphatic carbocycles. The van der Waals surface area contributed by atoms with E-state index in [2.05, 4.69) is 33.9 Å². The maximum atomic E-state index is 11.7. The Bertz CT molecular complexity index is 258. The Labute approximate surface area is 93.9 Å². The quantitative estimate of drug-likeness (QED) is 0.680. The number of likely N-dealkylation sites (N-methyl/N-ethyl adjacent to an activating group) is 1. The van der Waals surface area contributed by atoms with Crippen molar-refractivity contribution in [2.45, 2.75) is 51.4 Å². The van der Waals surface area contributed by atoms with Gasteiger partial charge < -0.3 is 9.33 Å². The molecule has 88 valence electrons. The summed E-state index contributed by atoms with van der Waals surface area (Å²) in [5.74, 6) is 0.153. The molecule has 0 unspecified atom stereocenters. The molecule has 1 saturated heterocycles. The third-order valence-electron chi connectivity index (χ3n) is 3.62. The SMILES string of the molecule is CN1CC[C@H](O[Si](C)(C)C(C)(C)C)C1=O. The highest BCUT2D eigenvalue weighted by Crippen LogP contribution is 2.38. The monoisotopic (exact) mass is 229 g/mol. The van der Waals surface area contributed by atoms with Crippen molar-refractivity contribution in [3.63, 3.8) is 0 Å². The minimum Gasteiger partial charge on any atom is -0.405 e. The summed E-state index contributed by atoms with van der Waals surface area (Å²) in [6, 6.07) is 0. The molecule has 0 N–H and O–H groups in total. The molecule has 1 rings (SSSR count). The fourth-order valence-electron chi connectivity index (χ4n) is 1.43. The Hall–Kier alpha value is -0.353. The lowest BCUT2D eigenvalue weighted by Gasteiger charge is -2.37. The van der Waals surface area contributed by atoms with Gasteiger partial charge in [-0.2, -0.15) is 0 Å². The van der Waals surface area contributed by atoms with E-state index in [1.165, 1.54) is 0 Å². The smallest absolute Gasteiger partial charge is 0.250 e. The molecule has 0 aromatic carbocycles. The van der Waals surface area contributed by atoms with Crippen molar-refractivity contribution in [1.29, 1.82) is 0 Å². The molecule has 1 aliphatic heterocycles. The molecule has 0 spiro atoms. The second-order valence-corrected chi connectivity index (χ2v) is 10.7. The highest BCUT2D eigenvalue weighted by Gasteiger charge is 2.42. The van der Waals surface area contributed by atoms with E-state index in [9.17, 15) is 4.79 Å². The first-order chi connectivity index (χ1) is 6.65. The van der Waals surface area contributed by atoms with Gasteiger partial charge in [-0.1, -0.05) is 20.8 Å². The first-order valence-electron chi connectivity index (χ1n) is 5.58. The van der Waals surface area contributed by atoms with E-state index in [-0.39, 0.29) is 17.0 Å². The van der Waals surface area contributed by atoms with Crippen molar-refractivity contribution in [1.82, 2.24) is 4.90 Å². The summed E-state index contributed by atoms with van der Waals surface area (Å²) in [6.45, 7) is 11.8. The molecule has 0 bridgehead atoms. The number of hydrogen-bond acceptors (Lipinski definition) is 2. The maximum absolute atomic E-state index is 11.7. The minimum absolute atomic E-state index is 0.153. The van der Waals surface area contributed by atoms with Crippen LogP contribution in [0.15, 0.2) is 0 Å². The first kappa shape index (κ1) is 12.7. The van der Waals surface area contributed by atoms with Crippen molar-refractivity contribution in [2.24, 2.45) is 0 Å². The predicted molar refractivity (Wildman–Crippen MR) is 64.3 cm³/mol. The zero-order chi connectivity index (χ0) is 11.9. The maximum Gasteiger partial charge on any atom is 0.250 e. The van der Waals surface area contributed by atoms with Gasteiger partial charge in [-0.05, 0) is 24.6 Å². The van der Waals surface area contributed by atoms with Crippen molar-refractivity contribution < 1.29 is 9.22 Å². The molecule has 1 atom stereocenters. The third kappa shape index (κ3) is 2.61. The van der Waals surface area contributed by atoms with E-state index in [0.29, 0.717) is 0 Å². The summed E-state index contributed by atoms with van der Waals surface area (Å²) >= 11 is 0. The van der Waals surface area contributed by atoms with Crippen LogP contribution in [0.3, 0.4) is 0 Å². The van der Waals surface area contributed by atoms with Gasteiger partial charge in [-0.15, -0.1) is 0 Å². The van der Waals surface area contributed by atoms with E-state index in [1.54, 1.807) is 4.90 Å². The van der Waals surface area contributed by atoms with Gasteiger partial charge in [0.1, 0.15) is 6.10 Å². The minimum atomic E-state index is -1.79. The highest BCUT2D eigenvalue weighted by molar-refractivity contribution is 6.74. The van der Waals surface area contributed by atoms with E-state index in [4.69, 9.17) is 4.43 Å². The Morgan fingerprint density at radius 3 is 2.27 bits per heavy atom. The van der Waals surface area contributed by atoms with Crippen molar-refractivity contribution in [3.8, 4) is 0 Å². The molecule has 1 aliphatic rings. The van der Waals surface area contributed by atoms with Gasteiger partial charge in [-0.3, -0.25) is 4.79 Å². The van der Waals surface area contributed by atoms with E-state index < -0.39 is 8.32 Å². The molecular formula is C11H23NO2Si. The number of likely N-dealkylation sites (tertiary alicyclic amines) is 1. The molecule has 3 nitrogen and oxygen atoms in total. The average molecular weight is 229 g/mol. The van der Waals surface area contributed by atoms with Crippen LogP contribution in [0.5, 0.6) is 0 Å². The van der Waals surface area contributed by atoms with Crippen LogP contribution in [0.25, 0.3) is 0 Å². The fourth-order valence-corrected chi connectivity index (χ4v) is 2.72. The highest BCUT2D eigenvalue weighted by atomic mass is 28.4. The molecule has 4 heteroatoms. The van der Waals surface area contributed by atoms with Crippen LogP contribution in [0.1, 0.15) is 27.2 Å². The second-order valence-electron chi connectivity index (χ2n) is 5.92. The van der Waals surface area contributed by atoms with Crippen LogP contribution in [0, 0.1) is 0 Å². The number of carbonyl (C=O) groups is 1. The number of amides is 1. The van der Waals surface area contributed by atoms with E-state index in [1.807, 2.05) is 7.05 Å². The molecule has 15 heavy (non-hydrogen) atoms. The summed E-state index contributed by atoms with van der Waals surface area (Å²) in [5, 5.41) is 0.175. The second kappa shape index (κ2) is 3.90. The number of rotatable bonds is 2. The van der Waals surface area contributed by atoms with Gasteiger partial charge in [-0.25, -0.2) is 0 Å². The van der Waals surface area contributed by atoms with Crippen molar-refractivity contribution >= 4 is 14.2 Å². The largest absolute Gasteiger partial charge is 0.405 e. The van der Waals surface area contributed by atoms with Crippen LogP contribution in [0.2, 0.25) is 18.1 Å². The molecular weight excluding hydrogens is 206 g/mol. The lowest BCUT2D eigenvalue weighted by atomic mass is 10.2. The molecule has 1 amide bonds. The zero-order valence-corrected chi connectivity index (χ0v) is 11.8. The Balaban J connectivity index is 2.67. The zero-order valence-electron chi connectivity index (χ0n) is 10.8. The first-order valence-corrected chi connectivity index (χ1v) is 8.49. The molecule has 1 heterocycles. The molecule has 0 aromatic heterocycles. The summed E-state index contributed by atoms with van der Waals surface area (Å²) in [4.78, 5) is 13.5. The van der Waals surface area contributed by atoms with Crippen molar-refractivity contribution in [2.75, 3.05) is 13.6 Å². The van der Waals surface area contributed by atoms with Crippen LogP contribution in [0.4, 0.5) is 0 Å². The summed E-state index contributed by atoms with van der Waals surface area (Å²) < 4.78 is 6.09. The topological polar surface area (TPSA) is 29.5 Å². The normalized spacial score (nSPS) is 23.7. The number of hydrogen-bond donors (Lipinski definition) is 0. The third-order valence-corrected chi connectivity index (χ3v) is 8.11. The van der Waals surface area contributed by atoms with Crippen LogP contribution < -0.4 is 0 Å². The van der Waals surface area contributed by atoms with Crippen LogP contribution in [-0.2, 0) is 9.22 Å². The van der Waals surface area contributed by atoms with Crippen LogP contribution >= 0.6 is 0 Å². The molecule has 0 saturated carbocycles. The van der Waals surface area contributed by atoms with Gasteiger partial charge >= 0.3 is 0 Å². The van der Waals surface area contributed by atoms with Gasteiger partial charge in [0.05, 0.1) is 0 Å². The van der Waals surface area contributed by atoms with Crippen LogP contribution in [-0.4, -0.2) is 38.8 Å². The number of nitrogens with zero attached hydrogens (tertiary/aromatic N) is 1. The molecule has 0 aromatic rings. The van der Waals surface area contributed by atoms with E-state index >= 15 is 0 Å². The Kier molecular flexibility index (Phi) is 3.31. The molecule has 1 fully saturated rings. The molecule has 0 radical (unpaired) electrons. The average Bonchev–Trinajstić information content (AvgIpc) is 2.33. The van der Waals surface area contributed by atoms with Gasteiger partial charge in [0.2, 0.25) is 5.91 Å². The Morgan fingerprint density at radius 1 is 1.40 bits per heavy atom. The summed E-state index contributed by atoms with van der Waals surface area (Å²) in [7, 11) is 0.0558. The summed E-state index contributed by atoms with van der Waals surface area (Å²) in [6.07, 6.45) is 0.665. The predicted octanol–water partition coefficient (Wildman–Crippen LogP) is 2.24. The Morgan fingerprint density at radius 2 is 1.93 bits per heavy atom. The van der Waals surface area contributed by atoms with Gasteiger partial charge in [0.15, 0.2) is 8.32 Å². The lowest BCUT2D eigenvalue weighted by Crippen LogP contribution is -2.45. The van der Waals surface area contributed by atoms with Gasteiger partial charge in [0, 0.05) is 13.6 Å².